The number of aryl methyl sites for hydroxylation is 1. The molecule has 2 aromatic rings. The smallest absolute Gasteiger partial charge is 0.246 e. The van der Waals surface area contributed by atoms with Crippen molar-refractivity contribution in [3.8, 4) is 5.75 Å². The molecule has 0 unspecified atom stereocenters. The van der Waals surface area contributed by atoms with Crippen molar-refractivity contribution in [3.05, 3.63) is 59.7 Å². The minimum Gasteiger partial charge on any atom is -0.495 e. The fraction of sp³-hybridized carbons (Fsp3) is 0.391. The van der Waals surface area contributed by atoms with Gasteiger partial charge in [0.2, 0.25) is 11.8 Å². The second-order valence-corrected chi connectivity index (χ2v) is 7.33. The van der Waals surface area contributed by atoms with E-state index in [1.54, 1.807) is 7.11 Å². The van der Waals surface area contributed by atoms with E-state index in [1.165, 1.54) is 0 Å². The van der Waals surface area contributed by atoms with Crippen molar-refractivity contribution in [2.24, 2.45) is 0 Å². The number of amides is 2. The molecule has 2 N–H and O–H groups in total. The Balaban J connectivity index is 1.66. The standard InChI is InChI=1S/C23H29N3O3/c1-17-11-12-20(29-2)19(16-17)25-23(28)22(18-8-4-3-5-9-18)24-13-7-15-26-14-6-10-21(26)27/h3-5,8-9,11-12,16,22,24H,6-7,10,13-15H2,1-2H3,(H,25,28)/t22-/m1/s1. The van der Waals surface area contributed by atoms with Crippen LogP contribution in [0.3, 0.4) is 0 Å². The molecule has 0 saturated carbocycles. The van der Waals surface area contributed by atoms with Crippen LogP contribution in [0.2, 0.25) is 0 Å². The Morgan fingerprint density at radius 1 is 1.21 bits per heavy atom. The van der Waals surface area contributed by atoms with E-state index in [1.807, 2.05) is 60.4 Å². The van der Waals surface area contributed by atoms with Gasteiger partial charge in [0.05, 0.1) is 12.8 Å². The average Bonchev–Trinajstić information content (AvgIpc) is 3.13. The van der Waals surface area contributed by atoms with Crippen LogP contribution in [0, 0.1) is 6.92 Å². The van der Waals surface area contributed by atoms with Gasteiger partial charge in [-0.15, -0.1) is 0 Å². The fourth-order valence-electron chi connectivity index (χ4n) is 3.59. The maximum absolute atomic E-state index is 13.1. The lowest BCUT2D eigenvalue weighted by Crippen LogP contribution is -2.35. The Hall–Kier alpha value is -2.86. The molecule has 1 fully saturated rings. The highest BCUT2D eigenvalue weighted by molar-refractivity contribution is 5.96. The first kappa shape index (κ1) is 20.9. The van der Waals surface area contributed by atoms with Crippen molar-refractivity contribution in [2.45, 2.75) is 32.2 Å². The maximum atomic E-state index is 13.1. The summed E-state index contributed by atoms with van der Waals surface area (Å²) in [7, 11) is 1.59. The van der Waals surface area contributed by atoms with Gasteiger partial charge in [-0.2, -0.15) is 0 Å². The Bertz CT molecular complexity index is 839. The first-order chi connectivity index (χ1) is 14.1. The number of carbonyl (C=O) groups is 2. The third kappa shape index (κ3) is 5.57. The molecule has 154 valence electrons. The number of carbonyl (C=O) groups excluding carboxylic acids is 2. The number of hydrogen-bond acceptors (Lipinski definition) is 4. The molecule has 6 heteroatoms. The Labute approximate surface area is 172 Å². The summed E-state index contributed by atoms with van der Waals surface area (Å²) in [5.41, 5.74) is 2.59. The summed E-state index contributed by atoms with van der Waals surface area (Å²) in [5.74, 6) is 0.717. The van der Waals surface area contributed by atoms with E-state index in [-0.39, 0.29) is 11.8 Å². The van der Waals surface area contributed by atoms with Crippen molar-refractivity contribution in [2.75, 3.05) is 32.1 Å². The van der Waals surface area contributed by atoms with Crippen molar-refractivity contribution in [1.29, 1.82) is 0 Å². The molecule has 3 rings (SSSR count). The zero-order chi connectivity index (χ0) is 20.6. The van der Waals surface area contributed by atoms with Gasteiger partial charge >= 0.3 is 0 Å². The number of nitrogens with one attached hydrogen (secondary N) is 2. The third-order valence-corrected chi connectivity index (χ3v) is 5.13. The largest absolute Gasteiger partial charge is 0.495 e. The van der Waals surface area contributed by atoms with Crippen LogP contribution >= 0.6 is 0 Å². The molecule has 0 bridgehead atoms. The molecule has 0 spiro atoms. The molecule has 6 nitrogen and oxygen atoms in total. The first-order valence-electron chi connectivity index (χ1n) is 10.1. The second kappa shape index (κ2) is 10.1. The minimum atomic E-state index is -0.490. The zero-order valence-corrected chi connectivity index (χ0v) is 17.1. The molecule has 1 heterocycles. The number of likely N-dealkylation sites (tertiary alicyclic amines) is 1. The van der Waals surface area contributed by atoms with Crippen LogP contribution in [-0.2, 0) is 9.59 Å². The third-order valence-electron chi connectivity index (χ3n) is 5.13. The number of benzene rings is 2. The molecule has 2 aromatic carbocycles. The topological polar surface area (TPSA) is 70.7 Å². The van der Waals surface area contributed by atoms with Gasteiger partial charge in [-0.05, 0) is 49.6 Å². The predicted molar refractivity (Wildman–Crippen MR) is 114 cm³/mol. The molecule has 29 heavy (non-hydrogen) atoms. The molecule has 1 saturated heterocycles. The number of anilines is 1. The lowest BCUT2D eigenvalue weighted by Gasteiger charge is -2.21. The number of methoxy groups -OCH3 is 1. The number of rotatable bonds is 9. The van der Waals surface area contributed by atoms with E-state index in [2.05, 4.69) is 10.6 Å². The maximum Gasteiger partial charge on any atom is 0.246 e. The Kier molecular flexibility index (Phi) is 7.25. The summed E-state index contributed by atoms with van der Waals surface area (Å²) in [5, 5.41) is 6.36. The molecule has 2 amide bonds. The summed E-state index contributed by atoms with van der Waals surface area (Å²) in [6.07, 6.45) is 2.40. The van der Waals surface area contributed by atoms with Crippen LogP contribution < -0.4 is 15.4 Å². The zero-order valence-electron chi connectivity index (χ0n) is 17.1. The lowest BCUT2D eigenvalue weighted by atomic mass is 10.1. The normalized spacial score (nSPS) is 14.7. The Morgan fingerprint density at radius 3 is 2.69 bits per heavy atom. The summed E-state index contributed by atoms with van der Waals surface area (Å²) < 4.78 is 5.38. The monoisotopic (exact) mass is 395 g/mol. The molecule has 0 aromatic heterocycles. The van der Waals surface area contributed by atoms with Gasteiger partial charge in [0.15, 0.2) is 0 Å². The van der Waals surface area contributed by atoms with Gasteiger partial charge in [0, 0.05) is 19.5 Å². The van der Waals surface area contributed by atoms with Crippen LogP contribution in [0.15, 0.2) is 48.5 Å². The van der Waals surface area contributed by atoms with Crippen molar-refractivity contribution in [1.82, 2.24) is 10.2 Å². The van der Waals surface area contributed by atoms with Gasteiger partial charge in [-0.25, -0.2) is 0 Å². The number of nitrogens with zero attached hydrogens (tertiary/aromatic N) is 1. The lowest BCUT2D eigenvalue weighted by molar-refractivity contribution is -0.127. The molecule has 0 aliphatic carbocycles. The quantitative estimate of drug-likeness (QED) is 0.639. The van der Waals surface area contributed by atoms with E-state index in [0.717, 1.165) is 37.1 Å². The fourth-order valence-corrected chi connectivity index (χ4v) is 3.59. The van der Waals surface area contributed by atoms with Crippen LogP contribution in [0.5, 0.6) is 5.75 Å². The van der Waals surface area contributed by atoms with Gasteiger partial charge in [0.25, 0.3) is 0 Å². The second-order valence-electron chi connectivity index (χ2n) is 7.33. The van der Waals surface area contributed by atoms with Crippen LogP contribution in [-0.4, -0.2) is 43.5 Å². The summed E-state index contributed by atoms with van der Waals surface area (Å²) in [4.78, 5) is 26.8. The van der Waals surface area contributed by atoms with Crippen LogP contribution in [0.4, 0.5) is 5.69 Å². The van der Waals surface area contributed by atoms with E-state index in [4.69, 9.17) is 4.74 Å². The predicted octanol–water partition coefficient (Wildman–Crippen LogP) is 3.29. The Morgan fingerprint density at radius 2 is 2.00 bits per heavy atom. The number of hydrogen-bond donors (Lipinski definition) is 2. The highest BCUT2D eigenvalue weighted by Gasteiger charge is 2.22. The van der Waals surface area contributed by atoms with Gasteiger partial charge < -0.3 is 20.3 Å². The minimum absolute atomic E-state index is 0.141. The highest BCUT2D eigenvalue weighted by Crippen LogP contribution is 2.26. The number of ether oxygens (including phenoxy) is 1. The average molecular weight is 396 g/mol. The van der Waals surface area contributed by atoms with E-state index < -0.39 is 6.04 Å². The van der Waals surface area contributed by atoms with Gasteiger partial charge in [-0.1, -0.05) is 36.4 Å². The van der Waals surface area contributed by atoms with E-state index in [0.29, 0.717) is 24.4 Å². The van der Waals surface area contributed by atoms with Gasteiger partial charge in [0.1, 0.15) is 11.8 Å². The SMILES string of the molecule is COc1ccc(C)cc1NC(=O)[C@H](NCCCN1CCCC1=O)c1ccccc1. The molecular weight excluding hydrogens is 366 g/mol. The first-order valence-corrected chi connectivity index (χ1v) is 10.1. The van der Waals surface area contributed by atoms with Crippen molar-refractivity contribution in [3.63, 3.8) is 0 Å². The summed E-state index contributed by atoms with van der Waals surface area (Å²) in [6, 6.07) is 14.9. The molecule has 1 atom stereocenters. The molecule has 0 radical (unpaired) electrons. The van der Waals surface area contributed by atoms with Crippen LogP contribution in [0.25, 0.3) is 0 Å². The van der Waals surface area contributed by atoms with Crippen molar-refractivity contribution >= 4 is 17.5 Å². The summed E-state index contributed by atoms with van der Waals surface area (Å²) in [6.45, 7) is 4.18. The molecular formula is C23H29N3O3. The summed E-state index contributed by atoms with van der Waals surface area (Å²) >= 11 is 0. The van der Waals surface area contributed by atoms with E-state index >= 15 is 0 Å². The van der Waals surface area contributed by atoms with Gasteiger partial charge in [-0.3, -0.25) is 9.59 Å². The highest BCUT2D eigenvalue weighted by atomic mass is 16.5. The molecule has 1 aliphatic rings. The van der Waals surface area contributed by atoms with Crippen LogP contribution in [0.1, 0.15) is 36.4 Å². The van der Waals surface area contributed by atoms with E-state index in [9.17, 15) is 9.59 Å². The molecule has 1 aliphatic heterocycles. The van der Waals surface area contributed by atoms with Crippen molar-refractivity contribution < 1.29 is 14.3 Å².